The summed E-state index contributed by atoms with van der Waals surface area (Å²) >= 11 is 1.65. The number of nitrogens with one attached hydrogen (secondary N) is 2. The zero-order valence-corrected chi connectivity index (χ0v) is 18.5. The Hall–Kier alpha value is -2.58. The number of imide groups is 1. The van der Waals surface area contributed by atoms with Crippen LogP contribution in [-0.2, 0) is 11.2 Å². The fourth-order valence-corrected chi connectivity index (χ4v) is 4.60. The molecule has 1 aliphatic rings. The smallest absolute Gasteiger partial charge is 0.321 e. The summed E-state index contributed by atoms with van der Waals surface area (Å²) in [5.41, 5.74) is 2.28. The van der Waals surface area contributed by atoms with Gasteiger partial charge in [-0.2, -0.15) is 0 Å². The van der Waals surface area contributed by atoms with Crippen molar-refractivity contribution < 1.29 is 19.1 Å². The average molecular weight is 432 g/mol. The standard InChI is InChI=1S/C22H29N3O4S/c1-4-5-9-23-22(27)24-20(26)14-25-10-8-15-12-17(28-2)18(29-3)13-16(15)21(25)19-7-6-11-30-19/h6-7,11-13,21H,4-5,8-10,14H2,1-3H3,(H2,23,24,26,27). The van der Waals surface area contributed by atoms with E-state index in [0.29, 0.717) is 24.6 Å². The fourth-order valence-electron chi connectivity index (χ4n) is 3.72. The largest absolute Gasteiger partial charge is 0.493 e. The van der Waals surface area contributed by atoms with Crippen molar-refractivity contribution in [3.63, 3.8) is 0 Å². The van der Waals surface area contributed by atoms with Crippen molar-refractivity contribution in [3.8, 4) is 11.5 Å². The van der Waals surface area contributed by atoms with E-state index >= 15 is 0 Å². The van der Waals surface area contributed by atoms with Crippen molar-refractivity contribution in [2.75, 3.05) is 33.9 Å². The van der Waals surface area contributed by atoms with E-state index in [2.05, 4.69) is 21.6 Å². The van der Waals surface area contributed by atoms with Gasteiger partial charge in [-0.3, -0.25) is 15.0 Å². The molecule has 2 aromatic rings. The third-order valence-electron chi connectivity index (χ3n) is 5.20. The molecule has 0 bridgehead atoms. The van der Waals surface area contributed by atoms with Crippen molar-refractivity contribution >= 4 is 23.3 Å². The Morgan fingerprint density at radius 2 is 2.00 bits per heavy atom. The molecular weight excluding hydrogens is 402 g/mol. The van der Waals surface area contributed by atoms with Crippen LogP contribution in [-0.4, -0.2) is 50.7 Å². The van der Waals surface area contributed by atoms with Gasteiger partial charge < -0.3 is 14.8 Å². The molecule has 0 spiro atoms. The summed E-state index contributed by atoms with van der Waals surface area (Å²) in [7, 11) is 3.25. The first kappa shape index (κ1) is 22.1. The van der Waals surface area contributed by atoms with E-state index in [0.717, 1.165) is 29.7 Å². The number of amides is 3. The number of thiophene rings is 1. The van der Waals surface area contributed by atoms with Crippen LogP contribution in [0.3, 0.4) is 0 Å². The number of fused-ring (bicyclic) bond motifs is 1. The average Bonchev–Trinajstić information content (AvgIpc) is 3.27. The topological polar surface area (TPSA) is 79.9 Å². The summed E-state index contributed by atoms with van der Waals surface area (Å²) in [4.78, 5) is 27.7. The van der Waals surface area contributed by atoms with Gasteiger partial charge in [0.2, 0.25) is 5.91 Å². The molecule has 0 saturated heterocycles. The second-order valence-corrected chi connectivity index (χ2v) is 8.18. The normalized spacial score (nSPS) is 15.9. The third kappa shape index (κ3) is 5.12. The number of carbonyl (C=O) groups is 2. The zero-order chi connectivity index (χ0) is 21.5. The summed E-state index contributed by atoms with van der Waals surface area (Å²) in [6.45, 7) is 3.45. The quantitative estimate of drug-likeness (QED) is 0.627. The summed E-state index contributed by atoms with van der Waals surface area (Å²) in [5.74, 6) is 1.06. The number of ether oxygens (including phenoxy) is 2. The summed E-state index contributed by atoms with van der Waals surface area (Å²) in [6.07, 6.45) is 2.65. The van der Waals surface area contributed by atoms with Crippen LogP contribution in [0, 0.1) is 0 Å². The number of urea groups is 1. The first-order chi connectivity index (χ1) is 14.6. The van der Waals surface area contributed by atoms with Gasteiger partial charge in [0.05, 0.1) is 26.8 Å². The fraction of sp³-hybridized carbons (Fsp3) is 0.455. The molecule has 3 amide bonds. The molecule has 2 heterocycles. The summed E-state index contributed by atoms with van der Waals surface area (Å²) < 4.78 is 11.0. The number of benzene rings is 1. The molecule has 0 radical (unpaired) electrons. The lowest BCUT2D eigenvalue weighted by Crippen LogP contribution is -2.47. The second kappa shape index (κ2) is 10.4. The van der Waals surface area contributed by atoms with Gasteiger partial charge in [-0.25, -0.2) is 4.79 Å². The summed E-state index contributed by atoms with van der Waals surface area (Å²) in [6, 6.07) is 7.58. The van der Waals surface area contributed by atoms with Crippen molar-refractivity contribution in [1.82, 2.24) is 15.5 Å². The van der Waals surface area contributed by atoms with Gasteiger partial charge >= 0.3 is 6.03 Å². The van der Waals surface area contributed by atoms with Crippen LogP contribution < -0.4 is 20.1 Å². The van der Waals surface area contributed by atoms with Crippen LogP contribution >= 0.6 is 11.3 Å². The number of rotatable bonds is 8. The predicted molar refractivity (Wildman–Crippen MR) is 117 cm³/mol. The Labute approximate surface area is 181 Å². The number of nitrogens with zero attached hydrogens (tertiary/aromatic N) is 1. The van der Waals surface area contributed by atoms with Gasteiger partial charge in [-0.1, -0.05) is 19.4 Å². The molecule has 1 aromatic carbocycles. The monoisotopic (exact) mass is 431 g/mol. The number of carbonyl (C=O) groups excluding carboxylic acids is 2. The van der Waals surface area contributed by atoms with Crippen molar-refractivity contribution in [2.45, 2.75) is 32.2 Å². The maximum Gasteiger partial charge on any atom is 0.321 e. The molecule has 0 saturated carbocycles. The third-order valence-corrected chi connectivity index (χ3v) is 6.13. The van der Waals surface area contributed by atoms with E-state index < -0.39 is 6.03 Å². The summed E-state index contributed by atoms with van der Waals surface area (Å²) in [5, 5.41) is 7.19. The number of hydrogen-bond donors (Lipinski definition) is 2. The zero-order valence-electron chi connectivity index (χ0n) is 17.7. The molecule has 30 heavy (non-hydrogen) atoms. The minimum atomic E-state index is -0.440. The highest BCUT2D eigenvalue weighted by Crippen LogP contribution is 2.41. The molecule has 1 unspecified atom stereocenters. The Morgan fingerprint density at radius 3 is 2.67 bits per heavy atom. The molecule has 2 N–H and O–H groups in total. The second-order valence-electron chi connectivity index (χ2n) is 7.20. The lowest BCUT2D eigenvalue weighted by atomic mass is 9.91. The first-order valence-electron chi connectivity index (χ1n) is 10.2. The van der Waals surface area contributed by atoms with Gasteiger partial charge in [0.15, 0.2) is 11.5 Å². The Kier molecular flexibility index (Phi) is 7.70. The van der Waals surface area contributed by atoms with Gasteiger partial charge in [-0.05, 0) is 47.5 Å². The Balaban J connectivity index is 1.80. The van der Waals surface area contributed by atoms with E-state index in [4.69, 9.17) is 9.47 Å². The van der Waals surface area contributed by atoms with Gasteiger partial charge in [0.25, 0.3) is 0 Å². The van der Waals surface area contributed by atoms with Gasteiger partial charge in [-0.15, -0.1) is 11.3 Å². The highest BCUT2D eigenvalue weighted by atomic mass is 32.1. The molecule has 162 valence electrons. The maximum absolute atomic E-state index is 12.6. The number of hydrogen-bond acceptors (Lipinski definition) is 6. The van der Waals surface area contributed by atoms with Crippen molar-refractivity contribution in [2.24, 2.45) is 0 Å². The van der Waals surface area contributed by atoms with Gasteiger partial charge in [0, 0.05) is 18.0 Å². The lowest BCUT2D eigenvalue weighted by Gasteiger charge is -2.36. The lowest BCUT2D eigenvalue weighted by molar-refractivity contribution is -0.121. The molecule has 7 nitrogen and oxygen atoms in total. The number of unbranched alkanes of at least 4 members (excludes halogenated alkanes) is 1. The molecular formula is C22H29N3O4S. The molecule has 1 aliphatic heterocycles. The highest BCUT2D eigenvalue weighted by Gasteiger charge is 2.32. The SMILES string of the molecule is CCCCNC(=O)NC(=O)CN1CCc2cc(OC)c(OC)cc2C1c1cccs1. The van der Waals surface area contributed by atoms with Crippen LogP contribution in [0.15, 0.2) is 29.6 Å². The van der Waals surface area contributed by atoms with Crippen LogP contribution in [0.1, 0.15) is 41.8 Å². The van der Waals surface area contributed by atoms with E-state index in [9.17, 15) is 9.59 Å². The number of methoxy groups -OCH3 is 2. The Morgan fingerprint density at radius 1 is 1.23 bits per heavy atom. The van der Waals surface area contributed by atoms with Crippen LogP contribution in [0.4, 0.5) is 4.79 Å². The highest BCUT2D eigenvalue weighted by molar-refractivity contribution is 7.10. The van der Waals surface area contributed by atoms with Crippen LogP contribution in [0.5, 0.6) is 11.5 Å². The van der Waals surface area contributed by atoms with Crippen LogP contribution in [0.2, 0.25) is 0 Å². The molecule has 0 aliphatic carbocycles. The van der Waals surface area contributed by atoms with E-state index in [1.54, 1.807) is 25.6 Å². The molecule has 0 fully saturated rings. The minimum absolute atomic E-state index is 0.0811. The van der Waals surface area contributed by atoms with Gasteiger partial charge in [0.1, 0.15) is 0 Å². The first-order valence-corrected chi connectivity index (χ1v) is 11.0. The minimum Gasteiger partial charge on any atom is -0.493 e. The predicted octanol–water partition coefficient (Wildman–Crippen LogP) is 3.34. The molecule has 1 atom stereocenters. The molecule has 1 aromatic heterocycles. The Bertz CT molecular complexity index is 870. The van der Waals surface area contributed by atoms with E-state index in [-0.39, 0.29) is 18.5 Å². The van der Waals surface area contributed by atoms with E-state index in [1.807, 2.05) is 30.5 Å². The molecule has 8 heteroatoms. The van der Waals surface area contributed by atoms with Crippen LogP contribution in [0.25, 0.3) is 0 Å². The van der Waals surface area contributed by atoms with Crippen molar-refractivity contribution in [1.29, 1.82) is 0 Å². The molecule has 3 rings (SSSR count). The van der Waals surface area contributed by atoms with E-state index in [1.165, 1.54) is 5.56 Å². The van der Waals surface area contributed by atoms with Crippen molar-refractivity contribution in [3.05, 3.63) is 45.6 Å². The maximum atomic E-state index is 12.6.